The number of benzene rings is 1. The first-order valence-electron chi connectivity index (χ1n) is 6.10. The second-order valence-electron chi connectivity index (χ2n) is 4.90. The maximum absolute atomic E-state index is 12.3. The minimum Gasteiger partial charge on any atom is -0.326 e. The maximum atomic E-state index is 12.3. The fourth-order valence-corrected chi connectivity index (χ4v) is 3.30. The van der Waals surface area contributed by atoms with Crippen LogP contribution in [0.2, 0.25) is 0 Å². The third kappa shape index (κ3) is 3.31. The standard InChI is InChI=1S/C13H22N2O2S/c1-9(2)11(4)15-18(16,17)13-7-5-6-12(8-14)10(13)3/h5-7,9,11,15H,8,14H2,1-4H3. The van der Waals surface area contributed by atoms with Crippen LogP contribution in [0.4, 0.5) is 0 Å². The molecule has 0 fully saturated rings. The van der Waals surface area contributed by atoms with Crippen molar-refractivity contribution in [2.45, 2.75) is 45.2 Å². The van der Waals surface area contributed by atoms with Gasteiger partial charge in [-0.05, 0) is 37.0 Å². The maximum Gasteiger partial charge on any atom is 0.241 e. The Morgan fingerprint density at radius 3 is 2.39 bits per heavy atom. The molecule has 0 bridgehead atoms. The van der Waals surface area contributed by atoms with Crippen molar-refractivity contribution in [3.05, 3.63) is 29.3 Å². The van der Waals surface area contributed by atoms with Crippen LogP contribution in [0, 0.1) is 12.8 Å². The van der Waals surface area contributed by atoms with Crippen LogP contribution in [0.5, 0.6) is 0 Å². The topological polar surface area (TPSA) is 72.2 Å². The molecule has 1 atom stereocenters. The molecule has 0 saturated carbocycles. The first-order valence-corrected chi connectivity index (χ1v) is 7.58. The fourth-order valence-electron chi connectivity index (χ4n) is 1.62. The van der Waals surface area contributed by atoms with Gasteiger partial charge in [0.1, 0.15) is 0 Å². The lowest BCUT2D eigenvalue weighted by molar-refractivity contribution is 0.476. The monoisotopic (exact) mass is 270 g/mol. The first kappa shape index (κ1) is 15.1. The Morgan fingerprint density at radius 1 is 1.28 bits per heavy atom. The molecule has 3 N–H and O–H groups in total. The van der Waals surface area contributed by atoms with Crippen molar-refractivity contribution >= 4 is 10.0 Å². The van der Waals surface area contributed by atoms with Crippen LogP contribution in [0.3, 0.4) is 0 Å². The predicted octanol–water partition coefficient (Wildman–Crippen LogP) is 1.78. The van der Waals surface area contributed by atoms with E-state index in [0.717, 1.165) is 11.1 Å². The van der Waals surface area contributed by atoms with Crippen LogP contribution in [0.25, 0.3) is 0 Å². The minimum atomic E-state index is -3.47. The lowest BCUT2D eigenvalue weighted by Crippen LogP contribution is -2.36. The van der Waals surface area contributed by atoms with E-state index in [1.807, 2.05) is 26.8 Å². The average molecular weight is 270 g/mol. The second kappa shape index (κ2) is 5.82. The highest BCUT2D eigenvalue weighted by Gasteiger charge is 2.21. The zero-order valence-corrected chi connectivity index (χ0v) is 12.2. The van der Waals surface area contributed by atoms with Gasteiger partial charge in [0, 0.05) is 12.6 Å². The lowest BCUT2D eigenvalue weighted by atomic mass is 10.1. The number of rotatable bonds is 5. The van der Waals surface area contributed by atoms with Crippen molar-refractivity contribution in [2.75, 3.05) is 0 Å². The third-order valence-corrected chi connectivity index (χ3v) is 4.95. The number of sulfonamides is 1. The van der Waals surface area contributed by atoms with Crippen LogP contribution < -0.4 is 10.5 Å². The van der Waals surface area contributed by atoms with Crippen LogP contribution in [0.15, 0.2) is 23.1 Å². The Bertz CT molecular complexity index is 510. The van der Waals surface area contributed by atoms with E-state index < -0.39 is 10.0 Å². The molecule has 1 aromatic rings. The molecule has 1 rings (SSSR count). The molecule has 0 spiro atoms. The molecule has 0 radical (unpaired) electrons. The highest BCUT2D eigenvalue weighted by molar-refractivity contribution is 7.89. The second-order valence-corrected chi connectivity index (χ2v) is 6.58. The van der Waals surface area contributed by atoms with Gasteiger partial charge in [-0.15, -0.1) is 0 Å². The zero-order valence-electron chi connectivity index (χ0n) is 11.4. The van der Waals surface area contributed by atoms with Gasteiger partial charge in [-0.25, -0.2) is 13.1 Å². The van der Waals surface area contributed by atoms with E-state index in [1.165, 1.54) is 0 Å². The van der Waals surface area contributed by atoms with Gasteiger partial charge in [0.25, 0.3) is 0 Å². The molecule has 0 aliphatic rings. The summed E-state index contributed by atoms with van der Waals surface area (Å²) in [5.41, 5.74) is 7.18. The van der Waals surface area contributed by atoms with Gasteiger partial charge in [0.15, 0.2) is 0 Å². The van der Waals surface area contributed by atoms with Gasteiger partial charge in [-0.1, -0.05) is 26.0 Å². The van der Waals surface area contributed by atoms with Gasteiger partial charge in [-0.3, -0.25) is 0 Å². The molecule has 0 heterocycles. The molecule has 0 aliphatic carbocycles. The summed E-state index contributed by atoms with van der Waals surface area (Å²) in [6.45, 7) is 7.96. The molecule has 0 aliphatic heterocycles. The summed E-state index contributed by atoms with van der Waals surface area (Å²) in [5, 5.41) is 0. The summed E-state index contributed by atoms with van der Waals surface area (Å²) < 4.78 is 27.3. The summed E-state index contributed by atoms with van der Waals surface area (Å²) in [7, 11) is -3.47. The van der Waals surface area contributed by atoms with Crippen molar-refractivity contribution in [1.29, 1.82) is 0 Å². The molecular weight excluding hydrogens is 248 g/mol. The summed E-state index contributed by atoms with van der Waals surface area (Å²) in [5.74, 6) is 0.248. The number of hydrogen-bond acceptors (Lipinski definition) is 3. The van der Waals surface area contributed by atoms with E-state index in [4.69, 9.17) is 5.73 Å². The van der Waals surface area contributed by atoms with Crippen molar-refractivity contribution in [3.8, 4) is 0 Å². The molecule has 0 saturated heterocycles. The van der Waals surface area contributed by atoms with Crippen LogP contribution in [-0.2, 0) is 16.6 Å². The van der Waals surface area contributed by atoms with E-state index in [0.29, 0.717) is 11.4 Å². The number of nitrogens with one attached hydrogen (secondary N) is 1. The summed E-state index contributed by atoms with van der Waals surface area (Å²) in [6.07, 6.45) is 0. The summed E-state index contributed by atoms with van der Waals surface area (Å²) in [4.78, 5) is 0.318. The van der Waals surface area contributed by atoms with E-state index >= 15 is 0 Å². The fraction of sp³-hybridized carbons (Fsp3) is 0.538. The number of nitrogens with two attached hydrogens (primary N) is 1. The molecule has 1 aromatic carbocycles. The van der Waals surface area contributed by atoms with Crippen molar-refractivity contribution < 1.29 is 8.42 Å². The summed E-state index contributed by atoms with van der Waals surface area (Å²) in [6, 6.07) is 5.09. The average Bonchev–Trinajstić information content (AvgIpc) is 2.28. The molecular formula is C13H22N2O2S. The highest BCUT2D eigenvalue weighted by atomic mass is 32.2. The highest BCUT2D eigenvalue weighted by Crippen LogP contribution is 2.19. The van der Waals surface area contributed by atoms with Gasteiger partial charge in [0.2, 0.25) is 10.0 Å². The quantitative estimate of drug-likeness (QED) is 0.856. The molecule has 18 heavy (non-hydrogen) atoms. The Kier molecular flexibility index (Phi) is 4.90. The smallest absolute Gasteiger partial charge is 0.241 e. The zero-order chi connectivity index (χ0) is 13.9. The van der Waals surface area contributed by atoms with Crippen molar-refractivity contribution in [3.63, 3.8) is 0 Å². The van der Waals surface area contributed by atoms with E-state index in [2.05, 4.69) is 4.72 Å². The third-order valence-electron chi connectivity index (χ3n) is 3.25. The Balaban J connectivity index is 3.13. The molecule has 102 valence electrons. The largest absolute Gasteiger partial charge is 0.326 e. The predicted molar refractivity (Wildman–Crippen MR) is 73.7 cm³/mol. The minimum absolute atomic E-state index is 0.101. The van der Waals surface area contributed by atoms with Crippen LogP contribution in [-0.4, -0.2) is 14.5 Å². The van der Waals surface area contributed by atoms with Crippen molar-refractivity contribution in [2.24, 2.45) is 11.7 Å². The Hall–Kier alpha value is -0.910. The molecule has 5 heteroatoms. The van der Waals surface area contributed by atoms with E-state index in [-0.39, 0.29) is 12.0 Å². The molecule has 1 unspecified atom stereocenters. The Labute approximate surface area is 110 Å². The van der Waals surface area contributed by atoms with Gasteiger partial charge < -0.3 is 5.73 Å². The SMILES string of the molecule is Cc1c(CN)cccc1S(=O)(=O)NC(C)C(C)C. The van der Waals surface area contributed by atoms with Crippen molar-refractivity contribution in [1.82, 2.24) is 4.72 Å². The van der Waals surface area contributed by atoms with E-state index in [9.17, 15) is 8.42 Å². The lowest BCUT2D eigenvalue weighted by Gasteiger charge is -2.19. The molecule has 4 nitrogen and oxygen atoms in total. The Morgan fingerprint density at radius 2 is 1.89 bits per heavy atom. The van der Waals surface area contributed by atoms with E-state index in [1.54, 1.807) is 19.1 Å². The van der Waals surface area contributed by atoms with Gasteiger partial charge in [0.05, 0.1) is 4.90 Å². The normalized spacial score (nSPS) is 13.9. The molecule has 0 amide bonds. The number of hydrogen-bond donors (Lipinski definition) is 2. The van der Waals surface area contributed by atoms with Gasteiger partial charge >= 0.3 is 0 Å². The first-order chi connectivity index (χ1) is 8.29. The summed E-state index contributed by atoms with van der Waals surface area (Å²) >= 11 is 0. The van der Waals surface area contributed by atoms with Crippen LogP contribution >= 0.6 is 0 Å². The van der Waals surface area contributed by atoms with Gasteiger partial charge in [-0.2, -0.15) is 0 Å². The van der Waals surface area contributed by atoms with Crippen LogP contribution in [0.1, 0.15) is 31.9 Å². The molecule has 0 aromatic heterocycles.